The van der Waals surface area contributed by atoms with Gasteiger partial charge in [-0.15, -0.1) is 0 Å². The molecule has 3 rings (SSSR count). The molecule has 13 nitrogen and oxygen atoms in total. The van der Waals surface area contributed by atoms with Crippen molar-refractivity contribution in [2.75, 3.05) is 19.8 Å². The molecule has 35 heavy (non-hydrogen) atoms. The molecule has 2 aliphatic rings. The number of rotatable bonds is 9. The fourth-order valence-corrected chi connectivity index (χ4v) is 3.76. The summed E-state index contributed by atoms with van der Waals surface area (Å²) >= 11 is 0. The molecule has 1 aromatic carbocycles. The van der Waals surface area contributed by atoms with Gasteiger partial charge in [-0.25, -0.2) is 0 Å². The van der Waals surface area contributed by atoms with Crippen LogP contribution < -0.4 is 4.74 Å². The maximum atomic E-state index is 12.8. The zero-order valence-electron chi connectivity index (χ0n) is 19.2. The molecular weight excluding hydrogens is 472 g/mol. The smallest absolute Gasteiger partial charge is 0.229 e. The largest absolute Gasteiger partial charge is 0.508 e. The molecule has 0 amide bonds. The van der Waals surface area contributed by atoms with E-state index in [2.05, 4.69) is 0 Å². The Balaban J connectivity index is 1.78. The maximum Gasteiger partial charge on any atom is 0.229 e. The van der Waals surface area contributed by atoms with Crippen LogP contribution in [0.15, 0.2) is 12.1 Å². The van der Waals surface area contributed by atoms with Gasteiger partial charge in [-0.1, -0.05) is 13.8 Å². The third kappa shape index (κ3) is 5.53. The van der Waals surface area contributed by atoms with E-state index in [1.807, 2.05) is 0 Å². The first-order valence-corrected chi connectivity index (χ1v) is 11.1. The minimum atomic E-state index is -1.94. The molecule has 13 heteroatoms. The van der Waals surface area contributed by atoms with Crippen molar-refractivity contribution >= 4 is 5.78 Å². The average molecular weight is 504 g/mol. The van der Waals surface area contributed by atoms with Crippen LogP contribution in [0.1, 0.15) is 30.6 Å². The van der Waals surface area contributed by atoms with Crippen molar-refractivity contribution in [3.63, 3.8) is 0 Å². The Bertz CT molecular complexity index is 894. The van der Waals surface area contributed by atoms with Crippen LogP contribution in [-0.2, 0) is 14.2 Å². The predicted octanol–water partition coefficient (Wildman–Crippen LogP) is -2.03. The fourth-order valence-electron chi connectivity index (χ4n) is 3.76. The topological polar surface area (TPSA) is 216 Å². The first kappa shape index (κ1) is 27.5. The molecule has 0 aliphatic carbocycles. The van der Waals surface area contributed by atoms with E-state index in [9.17, 15) is 45.6 Å². The lowest BCUT2D eigenvalue weighted by Crippen LogP contribution is -2.60. The minimum Gasteiger partial charge on any atom is -0.508 e. The molecule has 2 aliphatic heterocycles. The monoisotopic (exact) mass is 504 g/mol. The van der Waals surface area contributed by atoms with Gasteiger partial charge in [0.2, 0.25) is 6.29 Å². The van der Waals surface area contributed by atoms with Crippen LogP contribution in [0.4, 0.5) is 0 Å². The summed E-state index contributed by atoms with van der Waals surface area (Å²) in [7, 11) is 0. The number of carbonyl (C=O) groups excluding carboxylic acids is 1. The Kier molecular flexibility index (Phi) is 8.57. The molecule has 2 saturated heterocycles. The van der Waals surface area contributed by atoms with Crippen LogP contribution in [0, 0.1) is 5.92 Å². The van der Waals surface area contributed by atoms with Crippen molar-refractivity contribution in [3.8, 4) is 17.2 Å². The van der Waals surface area contributed by atoms with Gasteiger partial charge in [-0.2, -0.15) is 0 Å². The van der Waals surface area contributed by atoms with E-state index in [0.717, 1.165) is 12.1 Å². The molecule has 0 bridgehead atoms. The van der Waals surface area contributed by atoms with E-state index in [1.165, 1.54) is 0 Å². The second-order valence-corrected chi connectivity index (χ2v) is 8.86. The zero-order valence-corrected chi connectivity index (χ0v) is 19.2. The molecule has 0 saturated carbocycles. The Labute approximate surface area is 200 Å². The van der Waals surface area contributed by atoms with Gasteiger partial charge in [0.25, 0.3) is 0 Å². The van der Waals surface area contributed by atoms with Gasteiger partial charge in [0.05, 0.1) is 19.8 Å². The number of phenols is 2. The first-order chi connectivity index (χ1) is 16.4. The van der Waals surface area contributed by atoms with Crippen LogP contribution in [0.5, 0.6) is 17.2 Å². The van der Waals surface area contributed by atoms with Crippen molar-refractivity contribution in [2.45, 2.75) is 69.0 Å². The molecule has 9 atom stereocenters. The number of aliphatic hydroxyl groups excluding tert-OH is 5. The number of ketones is 1. The van der Waals surface area contributed by atoms with Crippen molar-refractivity contribution in [1.82, 2.24) is 0 Å². The van der Waals surface area contributed by atoms with Crippen molar-refractivity contribution in [2.24, 2.45) is 5.92 Å². The second kappa shape index (κ2) is 10.9. The summed E-state index contributed by atoms with van der Waals surface area (Å²) in [6, 6.07) is 1.99. The van der Waals surface area contributed by atoms with Gasteiger partial charge in [0, 0.05) is 18.1 Å². The zero-order chi connectivity index (χ0) is 26.1. The fraction of sp³-hybridized carbons (Fsp3) is 0.682. The number of phenolic OH excluding ortho intramolecular Hbond substituents is 2. The Morgan fingerprint density at radius 2 is 1.83 bits per heavy atom. The van der Waals surface area contributed by atoms with Crippen molar-refractivity contribution in [1.29, 1.82) is 0 Å². The third-order valence-corrected chi connectivity index (χ3v) is 6.29. The SMILES string of the molecule is CC[C@H](C)C(=O)c1c(O)cc(O)cc1O[C@H]1O[C@@H](CO[C@@H]2OC[C@@](O)(CO)[C@H]2O)[C@H](O)[C@@H](O)[C@@H]1O. The molecule has 8 N–H and O–H groups in total. The summed E-state index contributed by atoms with van der Waals surface area (Å²) < 4.78 is 21.6. The molecule has 0 radical (unpaired) electrons. The summed E-state index contributed by atoms with van der Waals surface area (Å²) in [5, 5.41) is 80.5. The molecule has 1 aromatic rings. The highest BCUT2D eigenvalue weighted by Gasteiger charge is 2.50. The highest BCUT2D eigenvalue weighted by molar-refractivity contribution is 6.02. The van der Waals surface area contributed by atoms with Gasteiger partial charge in [-0.3, -0.25) is 4.79 Å². The van der Waals surface area contributed by atoms with E-state index in [-0.39, 0.29) is 11.3 Å². The Hall–Kier alpha value is -2.07. The van der Waals surface area contributed by atoms with Gasteiger partial charge in [0.15, 0.2) is 12.1 Å². The van der Waals surface area contributed by atoms with E-state index in [4.69, 9.17) is 18.9 Å². The normalized spacial score (nSPS) is 36.2. The molecule has 0 spiro atoms. The number of hydrogen-bond acceptors (Lipinski definition) is 13. The molecule has 198 valence electrons. The quantitative estimate of drug-likeness (QED) is 0.170. The number of ether oxygens (including phenoxy) is 4. The van der Waals surface area contributed by atoms with Crippen LogP contribution in [0.3, 0.4) is 0 Å². The van der Waals surface area contributed by atoms with E-state index < -0.39 is 91.7 Å². The number of benzene rings is 1. The maximum absolute atomic E-state index is 12.8. The van der Waals surface area contributed by atoms with Crippen LogP contribution >= 0.6 is 0 Å². The van der Waals surface area contributed by atoms with Gasteiger partial charge in [-0.05, 0) is 6.42 Å². The van der Waals surface area contributed by atoms with Crippen LogP contribution in [-0.4, -0.2) is 115 Å². The average Bonchev–Trinajstić information content (AvgIpc) is 3.11. The first-order valence-electron chi connectivity index (χ1n) is 11.1. The third-order valence-electron chi connectivity index (χ3n) is 6.29. The lowest BCUT2D eigenvalue weighted by Gasteiger charge is -2.40. The molecule has 2 heterocycles. The number of hydrogen-bond donors (Lipinski definition) is 8. The van der Waals surface area contributed by atoms with E-state index >= 15 is 0 Å². The minimum absolute atomic E-state index is 0.257. The van der Waals surface area contributed by atoms with Gasteiger partial charge < -0.3 is 59.8 Å². The summed E-state index contributed by atoms with van der Waals surface area (Å²) in [5.74, 6) is -2.31. The molecular formula is C22H32O13. The number of Topliss-reactive ketones (excluding diaryl/α,β-unsaturated/α-hetero) is 1. The highest BCUT2D eigenvalue weighted by atomic mass is 16.7. The summed E-state index contributed by atoms with van der Waals surface area (Å²) in [6.45, 7) is 1.70. The van der Waals surface area contributed by atoms with Crippen LogP contribution in [0.25, 0.3) is 0 Å². The summed E-state index contributed by atoms with van der Waals surface area (Å²) in [4.78, 5) is 12.8. The Morgan fingerprint density at radius 3 is 2.43 bits per heavy atom. The predicted molar refractivity (Wildman–Crippen MR) is 115 cm³/mol. The van der Waals surface area contributed by atoms with E-state index in [1.54, 1.807) is 13.8 Å². The van der Waals surface area contributed by atoms with Crippen LogP contribution in [0.2, 0.25) is 0 Å². The summed E-state index contributed by atoms with van der Waals surface area (Å²) in [6.07, 6.45) is -10.8. The number of aromatic hydroxyl groups is 2. The second-order valence-electron chi connectivity index (χ2n) is 8.86. The standard InChI is InChI=1S/C22H32O13/c1-3-9(2)15(26)14-11(25)4-10(24)5-12(14)34-20-18(29)17(28)16(27)13(35-20)6-32-21-19(30)22(31,7-23)8-33-21/h4-5,9,13,16-21,23-25,27-31H,3,6-8H2,1-2H3/t9-,13-,16-,17+,18-,19-,20-,21+,22-/m0/s1. The van der Waals surface area contributed by atoms with Crippen molar-refractivity contribution in [3.05, 3.63) is 17.7 Å². The number of aliphatic hydroxyl groups is 6. The number of carbonyl (C=O) groups is 1. The molecule has 0 aromatic heterocycles. The lowest BCUT2D eigenvalue weighted by molar-refractivity contribution is -0.289. The molecule has 2 fully saturated rings. The lowest BCUT2D eigenvalue weighted by atomic mass is 9.95. The van der Waals surface area contributed by atoms with Crippen molar-refractivity contribution < 1.29 is 64.6 Å². The van der Waals surface area contributed by atoms with Gasteiger partial charge in [0.1, 0.15) is 58.9 Å². The summed E-state index contributed by atoms with van der Waals surface area (Å²) in [5.41, 5.74) is -2.19. The highest BCUT2D eigenvalue weighted by Crippen LogP contribution is 2.37. The van der Waals surface area contributed by atoms with Gasteiger partial charge >= 0.3 is 0 Å². The van der Waals surface area contributed by atoms with E-state index in [0.29, 0.717) is 6.42 Å². The Morgan fingerprint density at radius 1 is 1.14 bits per heavy atom. The molecule has 0 unspecified atom stereocenters.